The van der Waals surface area contributed by atoms with Crippen LogP contribution in [0.4, 0.5) is 57.5 Å². The number of carboxylic acids is 2. The van der Waals surface area contributed by atoms with Crippen molar-refractivity contribution in [3.63, 3.8) is 0 Å². The highest BCUT2D eigenvalue weighted by molar-refractivity contribution is 5.88. The van der Waals surface area contributed by atoms with Gasteiger partial charge < -0.3 is 159 Å². The Morgan fingerprint density at radius 3 is 0.532 bits per heavy atom. The number of carboxylic acid groups (broad SMARTS) is 2. The Labute approximate surface area is 830 Å². The molecule has 0 spiro atoms. The van der Waals surface area contributed by atoms with Gasteiger partial charge >= 0.3 is 121 Å². The fraction of sp³-hybridized carbons (Fsp3) is 0.730. The molecule has 0 aliphatic carbocycles. The van der Waals surface area contributed by atoms with Crippen LogP contribution in [-0.2, 0) is 124 Å². The number of unbranched alkanes of at least 4 members (excludes halogenated alkanes) is 9. The van der Waals surface area contributed by atoms with E-state index in [0.29, 0.717) is 142 Å². The van der Waals surface area contributed by atoms with Crippen molar-refractivity contribution in [2.45, 2.75) is 271 Å². The van der Waals surface area contributed by atoms with Crippen LogP contribution in [-0.4, -0.2) is 330 Å². The second-order valence-corrected chi connectivity index (χ2v) is 27.5. The maximum Gasteiger partial charge on any atom is 0.407 e. The fourth-order valence-electron chi connectivity index (χ4n) is 9.89. The monoisotopic (exact) mass is 2050 g/mol. The number of carbonyl (C=O) groups excluding carboxylic acids is 18. The Kier molecular flexibility index (Phi) is 109. The molecule has 0 aliphatic rings. The molecule has 14 N–H and O–H groups in total. The summed E-state index contributed by atoms with van der Waals surface area (Å²) in [5.74, 6) is -6.25. The molecule has 0 radical (unpaired) electrons. The highest BCUT2D eigenvalue weighted by atomic mass is 16.6. The van der Waals surface area contributed by atoms with Gasteiger partial charge in [0.05, 0.1) is 96.5 Å². The van der Waals surface area contributed by atoms with E-state index in [2.05, 4.69) is 115 Å². The third-order valence-electron chi connectivity index (χ3n) is 17.0. The van der Waals surface area contributed by atoms with Gasteiger partial charge in [-0.25, -0.2) is 95.9 Å². The number of amides is 12. The van der Waals surface area contributed by atoms with E-state index in [9.17, 15) is 95.9 Å². The van der Waals surface area contributed by atoms with Gasteiger partial charge in [-0.15, -0.1) is 0 Å². The Morgan fingerprint density at radius 2 is 0.369 bits per heavy atom. The summed E-state index contributed by atoms with van der Waals surface area (Å²) in [5, 5.41) is 47.4. The lowest BCUT2D eigenvalue weighted by molar-refractivity contribution is -0.151. The van der Waals surface area contributed by atoms with E-state index >= 15 is 0 Å². The van der Waals surface area contributed by atoms with Crippen molar-refractivity contribution in [1.82, 2.24) is 63.8 Å². The molecule has 6 atom stereocenters. The minimum atomic E-state index is -1.18. The predicted octanol–water partition coefficient (Wildman–Crippen LogP) is 10.6. The molecule has 52 heteroatoms. The molecule has 12 amide bonds. The molecular weight excluding hydrogens is 1880 g/mol. The molecule has 0 aromatic heterocycles. The summed E-state index contributed by atoms with van der Waals surface area (Å²) >= 11 is 0. The normalized spacial score (nSPS) is 10.8. The van der Waals surface area contributed by atoms with E-state index in [1.807, 2.05) is 0 Å². The molecule has 0 aromatic carbocycles. The van der Waals surface area contributed by atoms with Crippen molar-refractivity contribution in [2.75, 3.05) is 162 Å². The van der Waals surface area contributed by atoms with Gasteiger partial charge in [0.15, 0.2) is 0 Å². The van der Waals surface area contributed by atoms with Gasteiger partial charge in [0.1, 0.15) is 62.7 Å². The number of methoxy groups -OCH3 is 8. The Hall–Kier alpha value is -13.5. The van der Waals surface area contributed by atoms with E-state index < -0.39 is 157 Å². The van der Waals surface area contributed by atoms with Crippen molar-refractivity contribution in [3.05, 3.63) is 24.3 Å². The number of aliphatic carboxylic acids is 2. The molecule has 0 saturated carbocycles. The first kappa shape index (κ1) is 153. The van der Waals surface area contributed by atoms with Crippen molar-refractivity contribution in [2.24, 2.45) is 0 Å². The lowest BCUT2D eigenvalue weighted by Gasteiger charge is -2.17. The van der Waals surface area contributed by atoms with E-state index in [-0.39, 0.29) is 196 Å². The van der Waals surface area contributed by atoms with Gasteiger partial charge in [0.2, 0.25) is 0 Å². The SMILES string of the molecule is C.C.C.C.C.C.C.C.C.C=C(C)C(=O)OCCOC(=O)C(CCCCNC(=O)OCCCCOC(=O)NCCCCC(NC(=O)OC)C(=O)OCCOC(=O)C(=C)C)NC(=O)OC.COC(=O)NC(CCCCNC(=O)OCCCCOC(=O)NCCCCC(NC(=O)OC)C(=O)O)C(=O)O.COC(=O)NC(CCCCNC(=O)OCCCCOC(=O)NCCCCC(NC(=O)OC)C(=O)OC)C(=O)OC. The first-order valence-electron chi connectivity index (χ1n) is 42.1. The van der Waals surface area contributed by atoms with Crippen LogP contribution in [0.25, 0.3) is 0 Å². The van der Waals surface area contributed by atoms with Gasteiger partial charge in [-0.1, -0.05) is 80.0 Å². The number of rotatable bonds is 65. The van der Waals surface area contributed by atoms with Crippen molar-refractivity contribution in [3.8, 4) is 0 Å². The minimum absolute atomic E-state index is 0. The summed E-state index contributed by atoms with van der Waals surface area (Å²) in [6, 6.07) is -5.86. The second kappa shape index (κ2) is 101. The third-order valence-corrected chi connectivity index (χ3v) is 17.0. The molecule has 141 heavy (non-hydrogen) atoms. The summed E-state index contributed by atoms with van der Waals surface area (Å²) in [5.41, 5.74) is 0.401. The van der Waals surface area contributed by atoms with Gasteiger partial charge in [0, 0.05) is 50.4 Å². The topological polar surface area (TPSA) is 692 Å². The molecule has 52 nitrogen and oxygen atoms in total. The molecular formula is C89H170N12O40. The minimum Gasteiger partial charge on any atom is -0.480 e. The molecule has 0 rings (SSSR count). The zero-order valence-electron chi connectivity index (χ0n) is 76.6. The van der Waals surface area contributed by atoms with Crippen LogP contribution < -0.4 is 63.8 Å². The second-order valence-electron chi connectivity index (χ2n) is 27.5. The maximum absolute atomic E-state index is 12.4. The summed E-state index contributed by atoms with van der Waals surface area (Å²) in [4.78, 5) is 232. The number of carbonyl (C=O) groups is 20. The zero-order valence-corrected chi connectivity index (χ0v) is 76.6. The summed E-state index contributed by atoms with van der Waals surface area (Å²) in [7, 11) is 9.38. The van der Waals surface area contributed by atoms with Crippen molar-refractivity contribution < 1.29 is 191 Å². The average Bonchev–Trinajstić information content (AvgIpc) is 0.926. The van der Waals surface area contributed by atoms with Crippen molar-refractivity contribution in [1.29, 1.82) is 0 Å². The van der Waals surface area contributed by atoms with Crippen LogP contribution in [0.2, 0.25) is 0 Å². The van der Waals surface area contributed by atoms with Crippen LogP contribution >= 0.6 is 0 Å². The summed E-state index contributed by atoms with van der Waals surface area (Å²) in [6.07, 6.45) is 1.34. The lowest BCUT2D eigenvalue weighted by atomic mass is 10.1. The smallest absolute Gasteiger partial charge is 0.407 e. The summed E-state index contributed by atoms with van der Waals surface area (Å²) < 4.78 is 86.1. The van der Waals surface area contributed by atoms with Gasteiger partial charge in [-0.2, -0.15) is 0 Å². The molecule has 0 aliphatic heterocycles. The van der Waals surface area contributed by atoms with Gasteiger partial charge in [0.25, 0.3) is 0 Å². The number of esters is 6. The molecule has 0 heterocycles. The fourth-order valence-corrected chi connectivity index (χ4v) is 9.89. The van der Waals surface area contributed by atoms with Crippen LogP contribution in [0.5, 0.6) is 0 Å². The van der Waals surface area contributed by atoms with E-state index in [4.69, 9.17) is 57.6 Å². The van der Waals surface area contributed by atoms with E-state index in [1.165, 1.54) is 42.3 Å². The van der Waals surface area contributed by atoms with Crippen LogP contribution in [0.1, 0.15) is 235 Å². The zero-order chi connectivity index (χ0) is 99.7. The van der Waals surface area contributed by atoms with Crippen molar-refractivity contribution >= 4 is 121 Å². The Morgan fingerprint density at radius 1 is 0.206 bits per heavy atom. The predicted molar refractivity (Wildman–Crippen MR) is 516 cm³/mol. The highest BCUT2D eigenvalue weighted by Crippen LogP contribution is 2.11. The standard InChI is InChI=1S/C34H54N4O16.C24H42N4O12.C22H38N4O12.9CH4/c1-23(2)27(39)49-19-21-51-29(41)25(37-33(45)47-5)13-7-9-15-35-31(43)53-17-11-12-18-54-32(44)36-16-10-8-14-26(38-34(46)48-6)30(42)52-22-20-50-28(40)24(3)4;1-35-19(29)17(27-23(33)37-3)11-5-7-13-25-21(31)39-15-9-10-16-40-22(32)26-14-8-6-12-18(20(30)36-2)28-24(34)38-4;1-35-21(33)25-15(17(27)28)9-3-5-11-23-19(31)37-13-7-8-14-38-20(32)24-12-6-4-10-16(18(29)30)26-22(34)36-2;;;;;;;;;/h25-26H,1,3,7-22H2,2,4-6H3,(H,35,43)(H,36,44)(H,37,45)(H,38,46);17-18H,5-16H2,1-4H3,(H,25,31)(H,26,32)(H,27,33)(H,28,34);15-16H,3-14H2,1-2H3,(H,23,31)(H,24,32)(H,25,33)(H,26,34)(H,27,28)(H,29,30);9*1H4. The molecule has 0 aromatic rings. The van der Waals surface area contributed by atoms with E-state index in [1.54, 1.807) is 0 Å². The van der Waals surface area contributed by atoms with Crippen LogP contribution in [0.3, 0.4) is 0 Å². The van der Waals surface area contributed by atoms with Gasteiger partial charge in [-0.3, -0.25) is 0 Å². The molecule has 0 bridgehead atoms. The Bertz CT molecular complexity index is 3290. The highest BCUT2D eigenvalue weighted by Gasteiger charge is 2.28. The number of ether oxygens (including phenoxy) is 18. The molecule has 6 unspecified atom stereocenters. The molecule has 826 valence electrons. The largest absolute Gasteiger partial charge is 0.480 e. The average molecular weight is 2050 g/mol. The maximum atomic E-state index is 12.4. The summed E-state index contributed by atoms with van der Waals surface area (Å²) in [6.45, 7) is 11.4. The quantitative estimate of drug-likeness (QED) is 0.0116. The first-order valence-corrected chi connectivity index (χ1v) is 42.1. The van der Waals surface area contributed by atoms with Crippen LogP contribution in [0.15, 0.2) is 24.3 Å². The van der Waals surface area contributed by atoms with Crippen LogP contribution in [0, 0.1) is 0 Å². The molecule has 0 fully saturated rings. The number of hydrogen-bond acceptors (Lipinski definition) is 38. The number of hydrogen-bond donors (Lipinski definition) is 14. The Balaban J connectivity index is -0.000000175. The number of nitrogens with one attached hydrogen (secondary N) is 12. The molecule has 0 saturated heterocycles. The third kappa shape index (κ3) is 90.1. The van der Waals surface area contributed by atoms with Gasteiger partial charge in [-0.05, 0) is 168 Å². The lowest BCUT2D eigenvalue weighted by Crippen LogP contribution is -2.42. The first-order chi connectivity index (χ1) is 63.0. The number of alkyl carbamates (subject to hydrolysis) is 12. The van der Waals surface area contributed by atoms with E-state index in [0.717, 1.165) is 28.4 Å².